The van der Waals surface area contributed by atoms with Gasteiger partial charge in [-0.25, -0.2) is 4.98 Å². The number of nitrogens with zero attached hydrogens (tertiary/aromatic N) is 1. The molecule has 0 bridgehead atoms. The van der Waals surface area contributed by atoms with Gasteiger partial charge in [0.25, 0.3) is 0 Å². The van der Waals surface area contributed by atoms with Crippen LogP contribution in [0.4, 0.5) is 0 Å². The molecule has 0 radical (unpaired) electrons. The number of aromatic nitrogens is 2. The Morgan fingerprint density at radius 2 is 2.47 bits per heavy atom. The number of carbonyl (C=O) groups is 1. The molecule has 1 aromatic heterocycles. The van der Waals surface area contributed by atoms with Gasteiger partial charge in [0.2, 0.25) is 5.91 Å². The zero-order chi connectivity index (χ0) is 11.1. The molecular weight excluding hydrogens is 192 g/mol. The van der Waals surface area contributed by atoms with Crippen molar-refractivity contribution < 1.29 is 4.79 Å². The third-order valence-corrected chi connectivity index (χ3v) is 2.02. The molecule has 1 aromatic rings. The molecule has 1 atom stereocenters. The van der Waals surface area contributed by atoms with Crippen LogP contribution in [-0.4, -0.2) is 29.0 Å². The van der Waals surface area contributed by atoms with E-state index in [4.69, 9.17) is 0 Å². The van der Waals surface area contributed by atoms with Gasteiger partial charge in [0.05, 0.1) is 12.6 Å². The van der Waals surface area contributed by atoms with Crippen LogP contribution >= 0.6 is 0 Å². The Morgan fingerprint density at radius 3 is 3.07 bits per heavy atom. The third kappa shape index (κ3) is 4.12. The van der Waals surface area contributed by atoms with Gasteiger partial charge in [-0.3, -0.25) is 4.79 Å². The van der Waals surface area contributed by atoms with Gasteiger partial charge in [-0.05, 0) is 19.9 Å². The Hall–Kier alpha value is -1.36. The normalized spacial score (nSPS) is 12.4. The lowest BCUT2D eigenvalue weighted by molar-refractivity contribution is -0.120. The average molecular weight is 210 g/mol. The lowest BCUT2D eigenvalue weighted by Crippen LogP contribution is -2.35. The van der Waals surface area contributed by atoms with Crippen LogP contribution in [0.5, 0.6) is 0 Å². The van der Waals surface area contributed by atoms with E-state index in [0.29, 0.717) is 6.54 Å². The van der Waals surface area contributed by atoms with Crippen molar-refractivity contribution in [2.45, 2.75) is 26.3 Å². The molecule has 1 heterocycles. The summed E-state index contributed by atoms with van der Waals surface area (Å²) in [7, 11) is 0. The number of amides is 1. The smallest absolute Gasteiger partial charge is 0.234 e. The van der Waals surface area contributed by atoms with Crippen molar-refractivity contribution >= 4 is 5.91 Å². The maximum Gasteiger partial charge on any atom is 0.234 e. The van der Waals surface area contributed by atoms with E-state index in [0.717, 1.165) is 18.8 Å². The fraction of sp³-hybridized carbons (Fsp3) is 0.600. The van der Waals surface area contributed by atoms with E-state index in [-0.39, 0.29) is 11.9 Å². The topological polar surface area (TPSA) is 69.8 Å². The molecule has 0 aliphatic heterocycles. The summed E-state index contributed by atoms with van der Waals surface area (Å²) in [5.74, 6) is 0.770. The molecular formula is C10H18N4O. The summed E-state index contributed by atoms with van der Waals surface area (Å²) in [4.78, 5) is 18.4. The molecule has 3 N–H and O–H groups in total. The van der Waals surface area contributed by atoms with E-state index in [1.165, 1.54) is 0 Å². The molecule has 0 saturated carbocycles. The van der Waals surface area contributed by atoms with Crippen molar-refractivity contribution in [1.29, 1.82) is 0 Å². The molecule has 15 heavy (non-hydrogen) atoms. The van der Waals surface area contributed by atoms with Gasteiger partial charge in [0.1, 0.15) is 5.82 Å². The van der Waals surface area contributed by atoms with E-state index >= 15 is 0 Å². The molecule has 5 heteroatoms. The minimum absolute atomic E-state index is 0.00708. The summed E-state index contributed by atoms with van der Waals surface area (Å²) < 4.78 is 0. The van der Waals surface area contributed by atoms with Gasteiger partial charge in [-0.1, -0.05) is 6.92 Å². The second-order valence-corrected chi connectivity index (χ2v) is 3.44. The van der Waals surface area contributed by atoms with Crippen molar-refractivity contribution in [2.24, 2.45) is 0 Å². The number of rotatable bonds is 6. The maximum absolute atomic E-state index is 11.4. The molecule has 0 aliphatic carbocycles. The number of hydrogen-bond acceptors (Lipinski definition) is 3. The number of hydrogen-bond donors (Lipinski definition) is 3. The van der Waals surface area contributed by atoms with Gasteiger partial charge in [-0.2, -0.15) is 0 Å². The van der Waals surface area contributed by atoms with E-state index in [1.807, 2.05) is 6.92 Å². The highest BCUT2D eigenvalue weighted by molar-refractivity contribution is 5.78. The predicted octanol–water partition coefficient (Wildman–Crippen LogP) is 0.586. The number of imidazole rings is 1. The minimum atomic E-state index is -0.0732. The highest BCUT2D eigenvalue weighted by atomic mass is 16.1. The first-order valence-corrected chi connectivity index (χ1v) is 5.23. The lowest BCUT2D eigenvalue weighted by atomic mass is 10.3. The second kappa shape index (κ2) is 6.19. The Labute approximate surface area is 89.7 Å². The van der Waals surface area contributed by atoms with Crippen LogP contribution < -0.4 is 10.6 Å². The van der Waals surface area contributed by atoms with Crippen LogP contribution in [0, 0.1) is 0 Å². The van der Waals surface area contributed by atoms with Crippen molar-refractivity contribution in [3.8, 4) is 0 Å². The largest absolute Gasteiger partial charge is 0.347 e. The van der Waals surface area contributed by atoms with E-state index in [1.54, 1.807) is 12.4 Å². The molecule has 5 nitrogen and oxygen atoms in total. The number of H-pyrrole nitrogens is 1. The van der Waals surface area contributed by atoms with Gasteiger partial charge in [-0.15, -0.1) is 0 Å². The predicted molar refractivity (Wildman–Crippen MR) is 58.3 cm³/mol. The molecule has 0 saturated heterocycles. The summed E-state index contributed by atoms with van der Waals surface area (Å²) in [6.07, 6.45) is 4.45. The van der Waals surface area contributed by atoms with Crippen molar-refractivity contribution in [3.63, 3.8) is 0 Å². The van der Waals surface area contributed by atoms with Crippen LogP contribution in [0.3, 0.4) is 0 Å². The number of nitrogens with one attached hydrogen (secondary N) is 3. The minimum Gasteiger partial charge on any atom is -0.347 e. The van der Waals surface area contributed by atoms with Gasteiger partial charge in [0.15, 0.2) is 0 Å². The highest BCUT2D eigenvalue weighted by Crippen LogP contribution is 2.03. The molecule has 84 valence electrons. The molecule has 1 unspecified atom stereocenters. The Morgan fingerprint density at radius 1 is 1.67 bits per heavy atom. The molecule has 0 aromatic carbocycles. The highest BCUT2D eigenvalue weighted by Gasteiger charge is 2.10. The van der Waals surface area contributed by atoms with Gasteiger partial charge in [0, 0.05) is 12.4 Å². The van der Waals surface area contributed by atoms with Crippen LogP contribution in [0.1, 0.15) is 32.1 Å². The maximum atomic E-state index is 11.4. The quantitative estimate of drug-likeness (QED) is 0.602. The van der Waals surface area contributed by atoms with Gasteiger partial charge < -0.3 is 15.6 Å². The SMILES string of the molecule is CCCNCC(=O)NC(C)c1ncc[nH]1. The van der Waals surface area contributed by atoms with E-state index < -0.39 is 0 Å². The fourth-order valence-corrected chi connectivity index (χ4v) is 1.25. The van der Waals surface area contributed by atoms with Crippen LogP contribution in [0.2, 0.25) is 0 Å². The first-order chi connectivity index (χ1) is 7.24. The zero-order valence-corrected chi connectivity index (χ0v) is 9.21. The van der Waals surface area contributed by atoms with E-state index in [2.05, 4.69) is 27.5 Å². The molecule has 0 fully saturated rings. The fourth-order valence-electron chi connectivity index (χ4n) is 1.25. The average Bonchev–Trinajstić information content (AvgIpc) is 2.70. The Kier molecular flexibility index (Phi) is 4.83. The zero-order valence-electron chi connectivity index (χ0n) is 9.21. The molecule has 0 spiro atoms. The Bertz CT molecular complexity index is 284. The summed E-state index contributed by atoms with van der Waals surface area (Å²) in [5.41, 5.74) is 0. The van der Waals surface area contributed by atoms with Crippen molar-refractivity contribution in [2.75, 3.05) is 13.1 Å². The molecule has 1 rings (SSSR count). The lowest BCUT2D eigenvalue weighted by Gasteiger charge is -2.11. The van der Waals surface area contributed by atoms with Gasteiger partial charge >= 0.3 is 0 Å². The number of aromatic amines is 1. The number of carbonyl (C=O) groups excluding carboxylic acids is 1. The van der Waals surface area contributed by atoms with Crippen LogP contribution in [-0.2, 0) is 4.79 Å². The van der Waals surface area contributed by atoms with E-state index in [9.17, 15) is 4.79 Å². The monoisotopic (exact) mass is 210 g/mol. The van der Waals surface area contributed by atoms with Crippen LogP contribution in [0.25, 0.3) is 0 Å². The van der Waals surface area contributed by atoms with Crippen LogP contribution in [0.15, 0.2) is 12.4 Å². The molecule has 0 aliphatic rings. The standard InChI is InChI=1S/C10H18N4O/c1-3-4-11-7-9(15)14-8(2)10-12-5-6-13-10/h5-6,8,11H,3-4,7H2,1-2H3,(H,12,13)(H,14,15). The summed E-state index contributed by atoms with van der Waals surface area (Å²) in [5, 5.41) is 5.89. The second-order valence-electron chi connectivity index (χ2n) is 3.44. The van der Waals surface area contributed by atoms with Crippen molar-refractivity contribution in [3.05, 3.63) is 18.2 Å². The Balaban J connectivity index is 2.26. The third-order valence-electron chi connectivity index (χ3n) is 2.02. The summed E-state index contributed by atoms with van der Waals surface area (Å²) in [6.45, 7) is 5.19. The molecule has 1 amide bonds. The summed E-state index contributed by atoms with van der Waals surface area (Å²) >= 11 is 0. The first-order valence-electron chi connectivity index (χ1n) is 5.23. The van der Waals surface area contributed by atoms with Crippen molar-refractivity contribution in [1.82, 2.24) is 20.6 Å². The first kappa shape index (κ1) is 11.7. The summed E-state index contributed by atoms with van der Waals surface area (Å²) in [6, 6.07) is -0.0732.